The van der Waals surface area contributed by atoms with Gasteiger partial charge in [0.15, 0.2) is 0 Å². The van der Waals surface area contributed by atoms with Crippen LogP contribution in [0.1, 0.15) is 17.3 Å². The minimum Gasteiger partial charge on any atom is -0.439 e. The molecule has 0 fully saturated rings. The Hall–Kier alpha value is 0.558. The minimum absolute atomic E-state index is 0. The maximum absolute atomic E-state index is 3.84. The van der Waals surface area contributed by atoms with E-state index in [4.69, 9.17) is 0 Å². The molecule has 0 amide bonds. The van der Waals surface area contributed by atoms with E-state index in [1.165, 1.54) is 0 Å². The van der Waals surface area contributed by atoms with Gasteiger partial charge in [0.05, 0.1) is 0 Å². The van der Waals surface area contributed by atoms with Crippen molar-refractivity contribution in [1.82, 2.24) is 25.1 Å². The summed E-state index contributed by atoms with van der Waals surface area (Å²) < 4.78 is 0. The van der Waals surface area contributed by atoms with Crippen LogP contribution in [0.2, 0.25) is 0 Å². The van der Waals surface area contributed by atoms with Crippen molar-refractivity contribution in [2.24, 2.45) is 0 Å². The van der Waals surface area contributed by atoms with E-state index in [1.807, 2.05) is 20.8 Å². The van der Waals surface area contributed by atoms with E-state index in [2.05, 4.69) is 37.7 Å². The van der Waals surface area contributed by atoms with Crippen molar-refractivity contribution in [2.45, 2.75) is 20.8 Å². The number of aromatic amines is 2. The first-order valence-electron chi connectivity index (χ1n) is 3.84. The molecule has 0 spiro atoms. The molecule has 5 nitrogen and oxygen atoms in total. The number of imidazole rings is 1. The number of rotatable bonds is 0. The summed E-state index contributed by atoms with van der Waals surface area (Å²) in [6, 6.07) is 0. The molecule has 0 aliphatic heterocycles. The van der Waals surface area contributed by atoms with Crippen LogP contribution in [0.4, 0.5) is 0 Å². The summed E-state index contributed by atoms with van der Waals surface area (Å²) in [4.78, 5) is 10.4. The summed E-state index contributed by atoms with van der Waals surface area (Å²) in [6.07, 6.45) is 5.14. The molecule has 2 N–H and O–H groups in total. The number of nitrogens with zero attached hydrogens (tertiary/aromatic N) is 3. The maximum Gasteiger partial charge on any atom is 0 e. The molecule has 2 aromatic heterocycles. The third-order valence-corrected chi connectivity index (χ3v) is 1.25. The Morgan fingerprint density at radius 3 is 1.80 bits per heavy atom. The molecule has 0 aliphatic rings. The topological polar surface area (TPSA) is 70.2 Å². The molecule has 0 saturated heterocycles. The second kappa shape index (κ2) is 9.76. The average molecular weight is 355 g/mol. The molecule has 2 radical (unpaired) electrons. The predicted octanol–water partition coefficient (Wildman–Crippen LogP) is 0.735. The standard InChI is InChI=1S/C5H7N2.C3H4N3.2Y/c1-4-3-6-5(2)7-4;1-3-4-2-5-6-3;;/h1-2H3,(H,6,7);1H3,(H,4,5,6);;/q2*-1;;. The van der Waals surface area contributed by atoms with E-state index in [-0.39, 0.29) is 65.4 Å². The smallest absolute Gasteiger partial charge is 0 e. The van der Waals surface area contributed by atoms with Crippen LogP contribution in [0.25, 0.3) is 0 Å². The van der Waals surface area contributed by atoms with Crippen molar-refractivity contribution in [2.75, 3.05) is 0 Å². The Labute approximate surface area is 139 Å². The van der Waals surface area contributed by atoms with Gasteiger partial charge in [0.1, 0.15) is 0 Å². The van der Waals surface area contributed by atoms with Crippen molar-refractivity contribution in [3.05, 3.63) is 29.9 Å². The zero-order valence-electron chi connectivity index (χ0n) is 9.00. The van der Waals surface area contributed by atoms with Gasteiger partial charge in [-0.05, 0) is 19.1 Å². The van der Waals surface area contributed by atoms with Crippen molar-refractivity contribution in [1.29, 1.82) is 0 Å². The van der Waals surface area contributed by atoms with Crippen LogP contribution < -0.4 is 0 Å². The predicted molar refractivity (Wildman–Crippen MR) is 46.9 cm³/mol. The van der Waals surface area contributed by atoms with Gasteiger partial charge in [-0.25, -0.2) is 0 Å². The van der Waals surface area contributed by atoms with Crippen LogP contribution >= 0.6 is 0 Å². The van der Waals surface area contributed by atoms with Crippen molar-refractivity contribution in [3.8, 4) is 0 Å². The van der Waals surface area contributed by atoms with Crippen LogP contribution in [0.5, 0.6) is 0 Å². The van der Waals surface area contributed by atoms with E-state index in [9.17, 15) is 0 Å². The number of H-pyrrole nitrogens is 2. The Balaban J connectivity index is 0. The van der Waals surface area contributed by atoms with Crippen molar-refractivity contribution >= 4 is 0 Å². The molecule has 76 valence electrons. The van der Waals surface area contributed by atoms with Gasteiger partial charge >= 0.3 is 0 Å². The quantitative estimate of drug-likeness (QED) is 0.685. The zero-order chi connectivity index (χ0) is 9.68. The van der Waals surface area contributed by atoms with Crippen LogP contribution in [0, 0.1) is 33.3 Å². The molecule has 0 saturated carbocycles. The molecule has 2 aromatic rings. The molecular weight excluding hydrogens is 344 g/mol. The normalized spacial score (nSPS) is 7.93. The van der Waals surface area contributed by atoms with Gasteiger partial charge in [-0.15, -0.1) is 6.20 Å². The van der Waals surface area contributed by atoms with Crippen LogP contribution in [0.15, 0.2) is 0 Å². The third kappa shape index (κ3) is 8.37. The molecule has 0 bridgehead atoms. The van der Waals surface area contributed by atoms with Gasteiger partial charge in [0, 0.05) is 65.4 Å². The second-order valence-corrected chi connectivity index (χ2v) is 2.58. The maximum atomic E-state index is 3.84. The monoisotopic (exact) mass is 355 g/mol. The fraction of sp³-hybridized carbons (Fsp3) is 0.375. The fourth-order valence-corrected chi connectivity index (χ4v) is 0.726. The second-order valence-electron chi connectivity index (χ2n) is 2.58. The Morgan fingerprint density at radius 1 is 1.00 bits per heavy atom. The van der Waals surface area contributed by atoms with Crippen LogP contribution in [0.3, 0.4) is 0 Å². The van der Waals surface area contributed by atoms with Gasteiger partial charge in [-0.3, -0.25) is 5.10 Å². The summed E-state index contributed by atoms with van der Waals surface area (Å²) in [5, 5.41) is 6.04. The summed E-state index contributed by atoms with van der Waals surface area (Å²) in [6.45, 7) is 5.66. The molecular formula is C8H11N5Y2-2. The van der Waals surface area contributed by atoms with Crippen molar-refractivity contribution in [3.63, 3.8) is 0 Å². The molecule has 0 unspecified atom stereocenters. The van der Waals surface area contributed by atoms with E-state index in [0.29, 0.717) is 0 Å². The first-order chi connectivity index (χ1) is 6.18. The summed E-state index contributed by atoms with van der Waals surface area (Å²) in [5.74, 6) is 1.73. The van der Waals surface area contributed by atoms with Crippen LogP contribution in [-0.4, -0.2) is 25.1 Å². The number of hydrogen-bond donors (Lipinski definition) is 2. The van der Waals surface area contributed by atoms with Gasteiger partial charge < -0.3 is 20.1 Å². The van der Waals surface area contributed by atoms with Gasteiger partial charge in [-0.1, -0.05) is 25.4 Å². The number of aromatic nitrogens is 5. The number of aryl methyl sites for hydroxylation is 3. The molecule has 7 heteroatoms. The largest absolute Gasteiger partial charge is 0.439 e. The van der Waals surface area contributed by atoms with Crippen LogP contribution in [-0.2, 0) is 65.4 Å². The summed E-state index contributed by atoms with van der Waals surface area (Å²) >= 11 is 0. The summed E-state index contributed by atoms with van der Waals surface area (Å²) in [5.41, 5.74) is 0.998. The molecule has 0 aliphatic carbocycles. The van der Waals surface area contributed by atoms with Gasteiger partial charge in [0.25, 0.3) is 0 Å². The van der Waals surface area contributed by atoms with E-state index in [1.54, 1.807) is 0 Å². The average Bonchev–Trinajstić information content (AvgIpc) is 2.64. The summed E-state index contributed by atoms with van der Waals surface area (Å²) in [7, 11) is 0. The SMILES string of the molecule is Cc1[c-]nc(C)[nH]1.Cc1n[c-]n[nH]1.[Y].[Y]. The van der Waals surface area contributed by atoms with Gasteiger partial charge in [-0.2, -0.15) is 0 Å². The van der Waals surface area contributed by atoms with E-state index >= 15 is 0 Å². The Bertz CT molecular complexity index is 327. The molecule has 0 aromatic carbocycles. The molecule has 2 heterocycles. The number of nitrogens with one attached hydrogen (secondary N) is 2. The minimum atomic E-state index is 0. The van der Waals surface area contributed by atoms with E-state index in [0.717, 1.165) is 17.3 Å². The Morgan fingerprint density at radius 2 is 1.67 bits per heavy atom. The Kier molecular flexibility index (Phi) is 11.7. The number of hydrogen-bond acceptors (Lipinski definition) is 3. The van der Waals surface area contributed by atoms with Crippen molar-refractivity contribution < 1.29 is 65.4 Å². The van der Waals surface area contributed by atoms with Gasteiger partial charge in [0.2, 0.25) is 0 Å². The first-order valence-corrected chi connectivity index (χ1v) is 3.84. The zero-order valence-corrected chi connectivity index (χ0v) is 14.7. The third-order valence-electron chi connectivity index (χ3n) is 1.25. The van der Waals surface area contributed by atoms with E-state index < -0.39 is 0 Å². The fourth-order valence-electron chi connectivity index (χ4n) is 0.726. The first kappa shape index (κ1) is 17.9. The molecule has 0 atom stereocenters. The molecule has 2 rings (SSSR count). The molecule has 15 heavy (non-hydrogen) atoms.